The monoisotopic (exact) mass is 340 g/mol. The van der Waals surface area contributed by atoms with Gasteiger partial charge in [0, 0.05) is 17.9 Å². The molecule has 1 N–H and O–H groups in total. The number of rotatable bonds is 6. The van der Waals surface area contributed by atoms with Gasteiger partial charge in [-0.05, 0) is 56.2 Å². The molecule has 0 spiro atoms. The van der Waals surface area contributed by atoms with Crippen molar-refractivity contribution in [3.63, 3.8) is 0 Å². The summed E-state index contributed by atoms with van der Waals surface area (Å²) in [7, 11) is 0. The van der Waals surface area contributed by atoms with Crippen LogP contribution in [0.3, 0.4) is 0 Å². The van der Waals surface area contributed by atoms with E-state index in [1.165, 1.54) is 12.1 Å². The SMILES string of the molecule is Cc1cc(C(=O)NCCc2cccc(F)c2)c(C)n1Cc1ccco1. The number of aromatic nitrogens is 1. The van der Waals surface area contributed by atoms with Gasteiger partial charge >= 0.3 is 0 Å². The standard InChI is InChI=1S/C20H21FN2O2/c1-14-11-19(15(2)23(14)13-18-7-4-10-25-18)20(24)22-9-8-16-5-3-6-17(21)12-16/h3-7,10-12H,8-9,13H2,1-2H3,(H,22,24). The largest absolute Gasteiger partial charge is 0.467 e. The van der Waals surface area contributed by atoms with E-state index in [-0.39, 0.29) is 11.7 Å². The van der Waals surface area contributed by atoms with Gasteiger partial charge in [0.05, 0.1) is 18.4 Å². The number of nitrogens with zero attached hydrogens (tertiary/aromatic N) is 1. The van der Waals surface area contributed by atoms with E-state index in [9.17, 15) is 9.18 Å². The molecule has 4 nitrogen and oxygen atoms in total. The van der Waals surface area contributed by atoms with Crippen LogP contribution in [0.25, 0.3) is 0 Å². The van der Waals surface area contributed by atoms with E-state index in [0.717, 1.165) is 22.7 Å². The molecule has 2 aromatic heterocycles. The van der Waals surface area contributed by atoms with E-state index in [1.807, 2.05) is 38.1 Å². The summed E-state index contributed by atoms with van der Waals surface area (Å²) in [6, 6.07) is 12.1. The summed E-state index contributed by atoms with van der Waals surface area (Å²) < 4.78 is 20.6. The first kappa shape index (κ1) is 17.0. The number of aryl methyl sites for hydroxylation is 1. The van der Waals surface area contributed by atoms with Gasteiger partial charge in [-0.3, -0.25) is 4.79 Å². The predicted octanol–water partition coefficient (Wildman–Crippen LogP) is 3.86. The molecule has 2 heterocycles. The zero-order valence-electron chi connectivity index (χ0n) is 14.4. The topological polar surface area (TPSA) is 47.2 Å². The van der Waals surface area contributed by atoms with Gasteiger partial charge in [0.2, 0.25) is 0 Å². The molecule has 1 aromatic carbocycles. The lowest BCUT2D eigenvalue weighted by Gasteiger charge is -2.08. The maximum absolute atomic E-state index is 13.2. The molecular formula is C20H21FN2O2. The van der Waals surface area contributed by atoms with Crippen molar-refractivity contribution < 1.29 is 13.6 Å². The molecule has 3 aromatic rings. The third kappa shape index (κ3) is 3.99. The molecule has 1 amide bonds. The van der Waals surface area contributed by atoms with E-state index in [4.69, 9.17) is 4.42 Å². The quantitative estimate of drug-likeness (QED) is 0.741. The zero-order chi connectivity index (χ0) is 17.8. The zero-order valence-corrected chi connectivity index (χ0v) is 14.4. The van der Waals surface area contributed by atoms with Gasteiger partial charge in [-0.1, -0.05) is 12.1 Å². The second-order valence-electron chi connectivity index (χ2n) is 6.09. The van der Waals surface area contributed by atoms with E-state index in [0.29, 0.717) is 25.1 Å². The van der Waals surface area contributed by atoms with Crippen molar-refractivity contribution in [2.75, 3.05) is 6.54 Å². The Morgan fingerprint density at radius 3 is 2.76 bits per heavy atom. The summed E-state index contributed by atoms with van der Waals surface area (Å²) >= 11 is 0. The van der Waals surface area contributed by atoms with Crippen LogP contribution in [0.2, 0.25) is 0 Å². The van der Waals surface area contributed by atoms with E-state index < -0.39 is 0 Å². The molecule has 3 rings (SSSR count). The van der Waals surface area contributed by atoms with E-state index in [2.05, 4.69) is 9.88 Å². The molecular weight excluding hydrogens is 319 g/mol. The Hall–Kier alpha value is -2.82. The van der Waals surface area contributed by atoms with E-state index >= 15 is 0 Å². The van der Waals surface area contributed by atoms with Gasteiger partial charge < -0.3 is 14.3 Å². The minimum absolute atomic E-state index is 0.116. The molecule has 0 aliphatic rings. The Labute approximate surface area is 146 Å². The van der Waals surface area contributed by atoms with Crippen LogP contribution < -0.4 is 5.32 Å². The van der Waals surface area contributed by atoms with Crippen molar-refractivity contribution in [1.82, 2.24) is 9.88 Å². The van der Waals surface area contributed by atoms with Gasteiger partial charge in [0.15, 0.2) is 0 Å². The fourth-order valence-electron chi connectivity index (χ4n) is 2.94. The Balaban J connectivity index is 1.64. The highest BCUT2D eigenvalue weighted by Crippen LogP contribution is 2.17. The van der Waals surface area contributed by atoms with E-state index in [1.54, 1.807) is 12.3 Å². The van der Waals surface area contributed by atoms with Crippen LogP contribution in [-0.4, -0.2) is 17.0 Å². The lowest BCUT2D eigenvalue weighted by molar-refractivity contribution is 0.0953. The van der Waals surface area contributed by atoms with Crippen LogP contribution in [0.15, 0.2) is 53.1 Å². The summed E-state index contributed by atoms with van der Waals surface area (Å²) in [5.74, 6) is 0.473. The lowest BCUT2D eigenvalue weighted by Crippen LogP contribution is -2.26. The average Bonchev–Trinajstić information content (AvgIpc) is 3.18. The number of nitrogens with one attached hydrogen (secondary N) is 1. The first-order valence-corrected chi connectivity index (χ1v) is 8.26. The highest BCUT2D eigenvalue weighted by molar-refractivity contribution is 5.95. The highest BCUT2D eigenvalue weighted by Gasteiger charge is 2.16. The first-order chi connectivity index (χ1) is 12.0. The minimum Gasteiger partial charge on any atom is -0.467 e. The summed E-state index contributed by atoms with van der Waals surface area (Å²) in [4.78, 5) is 12.5. The summed E-state index contributed by atoms with van der Waals surface area (Å²) in [6.07, 6.45) is 2.23. The fourth-order valence-corrected chi connectivity index (χ4v) is 2.94. The molecule has 0 saturated heterocycles. The smallest absolute Gasteiger partial charge is 0.253 e. The van der Waals surface area contributed by atoms with Crippen molar-refractivity contribution in [2.24, 2.45) is 0 Å². The number of amides is 1. The molecule has 130 valence electrons. The molecule has 0 saturated carbocycles. The molecule has 0 aliphatic carbocycles. The number of furan rings is 1. The molecule has 0 atom stereocenters. The Kier molecular flexibility index (Phi) is 5.03. The number of hydrogen-bond donors (Lipinski definition) is 1. The van der Waals surface area contributed by atoms with Crippen LogP contribution in [-0.2, 0) is 13.0 Å². The second-order valence-corrected chi connectivity index (χ2v) is 6.09. The van der Waals surface area contributed by atoms with Crippen LogP contribution in [0.5, 0.6) is 0 Å². The van der Waals surface area contributed by atoms with Gasteiger partial charge in [0.1, 0.15) is 11.6 Å². The van der Waals surface area contributed by atoms with Gasteiger partial charge in [-0.2, -0.15) is 0 Å². The normalized spacial score (nSPS) is 10.8. The predicted molar refractivity (Wildman–Crippen MR) is 94.2 cm³/mol. The Morgan fingerprint density at radius 1 is 1.20 bits per heavy atom. The van der Waals surface area contributed by atoms with Crippen molar-refractivity contribution in [3.8, 4) is 0 Å². The van der Waals surface area contributed by atoms with Gasteiger partial charge in [-0.25, -0.2) is 4.39 Å². The maximum Gasteiger partial charge on any atom is 0.253 e. The first-order valence-electron chi connectivity index (χ1n) is 8.26. The van der Waals surface area contributed by atoms with Crippen LogP contribution >= 0.6 is 0 Å². The van der Waals surface area contributed by atoms with Crippen molar-refractivity contribution in [1.29, 1.82) is 0 Å². The van der Waals surface area contributed by atoms with Gasteiger partial charge in [0.25, 0.3) is 5.91 Å². The summed E-state index contributed by atoms with van der Waals surface area (Å²) in [5.41, 5.74) is 3.42. The number of hydrogen-bond acceptors (Lipinski definition) is 2. The number of benzene rings is 1. The molecule has 0 unspecified atom stereocenters. The third-order valence-electron chi connectivity index (χ3n) is 4.30. The number of carbonyl (C=O) groups is 1. The number of halogens is 1. The average molecular weight is 340 g/mol. The lowest BCUT2D eigenvalue weighted by atomic mass is 10.1. The van der Waals surface area contributed by atoms with Gasteiger partial charge in [-0.15, -0.1) is 0 Å². The Bertz CT molecular complexity index is 866. The highest BCUT2D eigenvalue weighted by atomic mass is 19.1. The number of carbonyl (C=O) groups excluding carboxylic acids is 1. The van der Waals surface area contributed by atoms with Crippen LogP contribution in [0.4, 0.5) is 4.39 Å². The molecule has 0 bridgehead atoms. The maximum atomic E-state index is 13.2. The minimum atomic E-state index is -0.259. The van der Waals surface area contributed by atoms with Crippen molar-refractivity contribution in [3.05, 3.63) is 82.8 Å². The summed E-state index contributed by atoms with van der Waals surface area (Å²) in [5, 5.41) is 2.91. The second kappa shape index (κ2) is 7.38. The molecule has 5 heteroatoms. The Morgan fingerprint density at radius 2 is 2.04 bits per heavy atom. The van der Waals surface area contributed by atoms with Crippen molar-refractivity contribution >= 4 is 5.91 Å². The molecule has 0 radical (unpaired) electrons. The van der Waals surface area contributed by atoms with Crippen LogP contribution in [0, 0.1) is 19.7 Å². The van der Waals surface area contributed by atoms with Crippen molar-refractivity contribution in [2.45, 2.75) is 26.8 Å². The fraction of sp³-hybridized carbons (Fsp3) is 0.250. The third-order valence-corrected chi connectivity index (χ3v) is 4.30. The molecule has 0 fully saturated rings. The van der Waals surface area contributed by atoms with Crippen LogP contribution in [0.1, 0.15) is 33.1 Å². The molecule has 0 aliphatic heterocycles. The summed E-state index contributed by atoms with van der Waals surface area (Å²) in [6.45, 7) is 4.96. The molecule has 25 heavy (non-hydrogen) atoms.